The van der Waals surface area contributed by atoms with Gasteiger partial charge in [0.05, 0.1) is 11.6 Å². The van der Waals surface area contributed by atoms with Gasteiger partial charge in [0.15, 0.2) is 0 Å². The maximum atomic E-state index is 10.5. The number of halogens is 1. The van der Waals surface area contributed by atoms with E-state index in [0.717, 1.165) is 27.6 Å². The van der Waals surface area contributed by atoms with Gasteiger partial charge in [0.2, 0.25) is 0 Å². The van der Waals surface area contributed by atoms with Gasteiger partial charge in [0, 0.05) is 6.42 Å². The largest absolute Gasteiger partial charge is 0.496 e. The van der Waals surface area contributed by atoms with Crippen molar-refractivity contribution >= 4 is 22.2 Å². The molecule has 82 valence electrons. The number of rotatable bonds is 4. The van der Waals surface area contributed by atoms with E-state index in [1.165, 1.54) is 0 Å². The van der Waals surface area contributed by atoms with E-state index in [1.54, 1.807) is 7.11 Å². The monoisotopic (exact) mass is 270 g/mol. The minimum atomic E-state index is 0.214. The van der Waals surface area contributed by atoms with Crippen LogP contribution in [0.15, 0.2) is 16.6 Å². The van der Waals surface area contributed by atoms with E-state index in [0.29, 0.717) is 6.42 Å². The second kappa shape index (κ2) is 5.31. The van der Waals surface area contributed by atoms with Gasteiger partial charge in [-0.1, -0.05) is 13.0 Å². The van der Waals surface area contributed by atoms with Crippen LogP contribution >= 0.6 is 15.9 Å². The maximum absolute atomic E-state index is 10.5. The fourth-order valence-electron chi connectivity index (χ4n) is 1.54. The molecule has 0 spiro atoms. The van der Waals surface area contributed by atoms with Gasteiger partial charge in [0.25, 0.3) is 0 Å². The van der Waals surface area contributed by atoms with Crippen LogP contribution in [-0.2, 0) is 4.79 Å². The smallest absolute Gasteiger partial charge is 0.133 e. The van der Waals surface area contributed by atoms with Gasteiger partial charge in [-0.25, -0.2) is 0 Å². The zero-order chi connectivity index (χ0) is 11.4. The molecule has 0 aliphatic carbocycles. The molecule has 1 aromatic carbocycles. The molecule has 0 aromatic heterocycles. The normalized spacial score (nSPS) is 12.3. The van der Waals surface area contributed by atoms with E-state index >= 15 is 0 Å². The fourth-order valence-corrected chi connectivity index (χ4v) is 2.32. The molecular formula is C12H15BrO2. The summed E-state index contributed by atoms with van der Waals surface area (Å²) in [5.74, 6) is 1.04. The number of ether oxygens (including phenoxy) is 1. The Morgan fingerprint density at radius 2 is 2.20 bits per heavy atom. The first kappa shape index (κ1) is 12.2. The first-order valence-electron chi connectivity index (χ1n) is 4.87. The second-order valence-corrected chi connectivity index (χ2v) is 4.47. The lowest BCUT2D eigenvalue weighted by Crippen LogP contribution is -1.98. The van der Waals surface area contributed by atoms with Crippen LogP contribution in [0.5, 0.6) is 5.75 Å². The molecule has 0 fully saturated rings. The van der Waals surface area contributed by atoms with Crippen molar-refractivity contribution in [3.63, 3.8) is 0 Å². The molecule has 1 rings (SSSR count). The predicted molar refractivity (Wildman–Crippen MR) is 64.5 cm³/mol. The molecule has 0 aliphatic heterocycles. The molecule has 0 heterocycles. The third-order valence-corrected chi connectivity index (χ3v) is 3.26. The zero-order valence-electron chi connectivity index (χ0n) is 9.21. The summed E-state index contributed by atoms with van der Waals surface area (Å²) in [5.41, 5.74) is 2.27. The molecule has 0 saturated carbocycles. The van der Waals surface area contributed by atoms with Crippen LogP contribution in [0.1, 0.15) is 30.4 Å². The van der Waals surface area contributed by atoms with Crippen LogP contribution in [0.2, 0.25) is 0 Å². The van der Waals surface area contributed by atoms with Crippen LogP contribution in [-0.4, -0.2) is 13.4 Å². The Morgan fingerprint density at radius 3 is 2.73 bits per heavy atom. The van der Waals surface area contributed by atoms with E-state index in [-0.39, 0.29) is 5.92 Å². The molecule has 1 unspecified atom stereocenters. The maximum Gasteiger partial charge on any atom is 0.133 e. The van der Waals surface area contributed by atoms with Crippen molar-refractivity contribution in [2.75, 3.05) is 7.11 Å². The molecule has 0 bridgehead atoms. The molecule has 0 saturated heterocycles. The molecular weight excluding hydrogens is 256 g/mol. The summed E-state index contributed by atoms with van der Waals surface area (Å²) in [7, 11) is 1.65. The van der Waals surface area contributed by atoms with Crippen molar-refractivity contribution in [3.05, 3.63) is 27.7 Å². The summed E-state index contributed by atoms with van der Waals surface area (Å²) in [6.07, 6.45) is 1.48. The topological polar surface area (TPSA) is 26.3 Å². The average molecular weight is 271 g/mol. The second-order valence-electron chi connectivity index (χ2n) is 3.67. The number of carbonyl (C=O) groups excluding carboxylic acids is 1. The van der Waals surface area contributed by atoms with Gasteiger partial charge in [-0.2, -0.15) is 0 Å². The van der Waals surface area contributed by atoms with Crippen LogP contribution in [0, 0.1) is 6.92 Å². The number of carbonyl (C=O) groups is 1. The van der Waals surface area contributed by atoms with Crippen molar-refractivity contribution in [2.45, 2.75) is 26.2 Å². The van der Waals surface area contributed by atoms with Gasteiger partial charge in [0.1, 0.15) is 12.0 Å². The quantitative estimate of drug-likeness (QED) is 0.784. The Bertz CT molecular complexity index is 361. The van der Waals surface area contributed by atoms with E-state index < -0.39 is 0 Å². The standard InChI is InChI=1S/C12H15BrO2/c1-8-6-10(9(2)4-5-14)12(13)11(7-8)15-3/h5-7,9H,4H2,1-3H3. The molecule has 0 radical (unpaired) electrons. The summed E-state index contributed by atoms with van der Waals surface area (Å²) in [5, 5.41) is 0. The lowest BCUT2D eigenvalue weighted by molar-refractivity contribution is -0.108. The van der Waals surface area contributed by atoms with Gasteiger partial charge >= 0.3 is 0 Å². The van der Waals surface area contributed by atoms with Crippen molar-refractivity contribution in [1.82, 2.24) is 0 Å². The first-order valence-corrected chi connectivity index (χ1v) is 5.67. The Kier molecular flexibility index (Phi) is 4.33. The van der Waals surface area contributed by atoms with Gasteiger partial charge in [-0.15, -0.1) is 0 Å². The molecule has 15 heavy (non-hydrogen) atoms. The summed E-state index contributed by atoms with van der Waals surface area (Å²) in [4.78, 5) is 10.5. The Labute approximate surface area is 98.8 Å². The van der Waals surface area contributed by atoms with Crippen LogP contribution in [0.25, 0.3) is 0 Å². The first-order chi connectivity index (χ1) is 7.10. The molecule has 1 atom stereocenters. The van der Waals surface area contributed by atoms with Gasteiger partial charge in [-0.3, -0.25) is 0 Å². The SMILES string of the molecule is COc1cc(C)cc(C(C)CC=O)c1Br. The van der Waals surface area contributed by atoms with Crippen LogP contribution in [0.3, 0.4) is 0 Å². The fraction of sp³-hybridized carbons (Fsp3) is 0.417. The highest BCUT2D eigenvalue weighted by atomic mass is 79.9. The third-order valence-electron chi connectivity index (χ3n) is 2.41. The van der Waals surface area contributed by atoms with Crippen molar-refractivity contribution in [2.24, 2.45) is 0 Å². The van der Waals surface area contributed by atoms with Crippen molar-refractivity contribution in [3.8, 4) is 5.75 Å². The minimum absolute atomic E-state index is 0.214. The lowest BCUT2D eigenvalue weighted by Gasteiger charge is -2.14. The number of hydrogen-bond donors (Lipinski definition) is 0. The Morgan fingerprint density at radius 1 is 1.53 bits per heavy atom. The van der Waals surface area contributed by atoms with E-state index in [2.05, 4.69) is 22.0 Å². The zero-order valence-corrected chi connectivity index (χ0v) is 10.8. The van der Waals surface area contributed by atoms with Crippen molar-refractivity contribution in [1.29, 1.82) is 0 Å². The molecule has 1 aromatic rings. The third kappa shape index (κ3) is 2.81. The highest BCUT2D eigenvalue weighted by Gasteiger charge is 2.13. The molecule has 0 N–H and O–H groups in total. The van der Waals surface area contributed by atoms with E-state index in [1.807, 2.05) is 19.9 Å². The van der Waals surface area contributed by atoms with E-state index in [9.17, 15) is 4.79 Å². The highest BCUT2D eigenvalue weighted by Crippen LogP contribution is 2.35. The van der Waals surface area contributed by atoms with Gasteiger partial charge < -0.3 is 9.53 Å². The number of benzene rings is 1. The minimum Gasteiger partial charge on any atom is -0.496 e. The van der Waals surface area contributed by atoms with E-state index in [4.69, 9.17) is 4.74 Å². The van der Waals surface area contributed by atoms with Crippen molar-refractivity contribution < 1.29 is 9.53 Å². The predicted octanol–water partition coefficient (Wildman–Crippen LogP) is 3.46. The molecule has 0 aliphatic rings. The summed E-state index contributed by atoms with van der Waals surface area (Å²) < 4.78 is 6.21. The highest BCUT2D eigenvalue weighted by molar-refractivity contribution is 9.10. The molecule has 2 nitrogen and oxygen atoms in total. The summed E-state index contributed by atoms with van der Waals surface area (Å²) in [6, 6.07) is 4.06. The molecule has 0 amide bonds. The Hall–Kier alpha value is -0.830. The number of aryl methyl sites for hydroxylation is 1. The number of aldehydes is 1. The molecule has 3 heteroatoms. The average Bonchev–Trinajstić information content (AvgIpc) is 2.21. The van der Waals surface area contributed by atoms with Crippen LogP contribution in [0.4, 0.5) is 0 Å². The Balaban J connectivity index is 3.16. The lowest BCUT2D eigenvalue weighted by atomic mass is 9.96. The van der Waals surface area contributed by atoms with Crippen LogP contribution < -0.4 is 4.74 Å². The summed E-state index contributed by atoms with van der Waals surface area (Å²) >= 11 is 3.51. The number of methoxy groups -OCH3 is 1. The van der Waals surface area contributed by atoms with Gasteiger partial charge in [-0.05, 0) is 46.0 Å². The number of hydrogen-bond acceptors (Lipinski definition) is 2. The summed E-state index contributed by atoms with van der Waals surface area (Å²) in [6.45, 7) is 4.06.